The van der Waals surface area contributed by atoms with E-state index < -0.39 is 23.5 Å². The zero-order valence-electron chi connectivity index (χ0n) is 25.0. The van der Waals surface area contributed by atoms with E-state index in [1.54, 1.807) is 48.5 Å². The van der Waals surface area contributed by atoms with E-state index in [-0.39, 0.29) is 11.8 Å². The number of carbonyl (C=O) groups is 2. The summed E-state index contributed by atoms with van der Waals surface area (Å²) in [7, 11) is 1.92. The van der Waals surface area contributed by atoms with Gasteiger partial charge in [0.1, 0.15) is 0 Å². The summed E-state index contributed by atoms with van der Waals surface area (Å²) in [5.41, 5.74) is 1.31. The van der Waals surface area contributed by atoms with Crippen molar-refractivity contribution < 1.29 is 35.9 Å². The first-order chi connectivity index (χ1) is 21.8. The van der Waals surface area contributed by atoms with Crippen molar-refractivity contribution in [3.05, 3.63) is 119 Å². The highest BCUT2D eigenvalue weighted by Crippen LogP contribution is 2.33. The van der Waals surface area contributed by atoms with Gasteiger partial charge in [-0.25, -0.2) is 0 Å². The third-order valence-electron chi connectivity index (χ3n) is 7.39. The molecule has 0 saturated heterocycles. The molecule has 5 nitrogen and oxygen atoms in total. The second-order valence-electron chi connectivity index (χ2n) is 10.8. The van der Waals surface area contributed by atoms with E-state index in [1.165, 1.54) is 24.3 Å². The molecule has 0 radical (unpaired) electrons. The van der Waals surface area contributed by atoms with Crippen LogP contribution in [0.2, 0.25) is 0 Å². The van der Waals surface area contributed by atoms with Crippen LogP contribution >= 0.6 is 0 Å². The number of hydrogen-bond acceptors (Lipinski definition) is 3. The smallest absolute Gasteiger partial charge is 0.352 e. The Kier molecular flexibility index (Phi) is 11.2. The van der Waals surface area contributed by atoms with Gasteiger partial charge >= 0.3 is 12.4 Å². The van der Waals surface area contributed by atoms with Crippen molar-refractivity contribution in [2.75, 3.05) is 33.2 Å². The van der Waals surface area contributed by atoms with Crippen LogP contribution in [0.1, 0.15) is 44.7 Å². The van der Waals surface area contributed by atoms with Gasteiger partial charge in [0.25, 0.3) is 11.8 Å². The summed E-state index contributed by atoms with van der Waals surface area (Å²) in [6.45, 7) is 2.13. The van der Waals surface area contributed by atoms with Crippen LogP contribution in [-0.2, 0) is 12.4 Å². The van der Waals surface area contributed by atoms with E-state index >= 15 is 0 Å². The number of amides is 2. The molecule has 0 aliphatic carbocycles. The number of halogens is 6. The van der Waals surface area contributed by atoms with Gasteiger partial charge in [0, 0.05) is 24.2 Å². The molecule has 4 rings (SSSR count). The molecule has 0 atom stereocenters. The molecule has 46 heavy (non-hydrogen) atoms. The van der Waals surface area contributed by atoms with E-state index in [9.17, 15) is 35.9 Å². The van der Waals surface area contributed by atoms with Crippen molar-refractivity contribution in [2.24, 2.45) is 0 Å². The molecule has 0 bridgehead atoms. The number of benzene rings is 4. The van der Waals surface area contributed by atoms with Gasteiger partial charge in [0.15, 0.2) is 0 Å². The number of alkyl halides is 6. The molecule has 11 heteroatoms. The molecule has 4 aromatic carbocycles. The maximum atomic E-state index is 12.9. The third-order valence-corrected chi connectivity index (χ3v) is 7.39. The molecule has 0 fully saturated rings. The average molecular weight is 642 g/mol. The molecule has 0 aromatic heterocycles. The second-order valence-corrected chi connectivity index (χ2v) is 10.8. The molecule has 0 aliphatic rings. The Morgan fingerprint density at radius 3 is 1.26 bits per heavy atom. The molecule has 0 unspecified atom stereocenters. The van der Waals surface area contributed by atoms with Crippen molar-refractivity contribution in [1.29, 1.82) is 0 Å². The molecule has 2 amide bonds. The predicted octanol–water partition coefficient (Wildman–Crippen LogP) is 7.93. The largest absolute Gasteiger partial charge is 0.416 e. The summed E-state index contributed by atoms with van der Waals surface area (Å²) in [6.07, 6.45) is -7.58. The lowest BCUT2D eigenvalue weighted by molar-refractivity contribution is -0.138. The Hall–Kier alpha value is -4.64. The average Bonchev–Trinajstić information content (AvgIpc) is 3.04. The Labute approximate surface area is 263 Å². The summed E-state index contributed by atoms with van der Waals surface area (Å²) in [4.78, 5) is 27.8. The van der Waals surface area contributed by atoms with Gasteiger partial charge in [-0.15, -0.1) is 0 Å². The Balaban J connectivity index is 1.20. The summed E-state index contributed by atoms with van der Waals surface area (Å²) in [6, 6.07) is 22.9. The SMILES string of the molecule is CN(CCCNC(=O)c1ccccc1-c1ccc(C(F)(F)F)cc1)CCCNC(=O)c1ccccc1-c1ccc(C(F)(F)F)cc1. The van der Waals surface area contributed by atoms with E-state index in [4.69, 9.17) is 0 Å². The maximum absolute atomic E-state index is 12.9. The van der Waals surface area contributed by atoms with Gasteiger partial charge < -0.3 is 15.5 Å². The first-order valence-corrected chi connectivity index (χ1v) is 14.6. The minimum absolute atomic E-state index is 0.322. The molecule has 0 spiro atoms. The third kappa shape index (κ3) is 9.20. The van der Waals surface area contributed by atoms with Crippen LogP contribution < -0.4 is 10.6 Å². The van der Waals surface area contributed by atoms with Crippen molar-refractivity contribution in [2.45, 2.75) is 25.2 Å². The lowest BCUT2D eigenvalue weighted by Gasteiger charge is -2.17. The lowest BCUT2D eigenvalue weighted by Crippen LogP contribution is -2.31. The highest BCUT2D eigenvalue weighted by Gasteiger charge is 2.31. The molecule has 0 aliphatic heterocycles. The Morgan fingerprint density at radius 2 is 0.913 bits per heavy atom. The fraction of sp³-hybridized carbons (Fsp3) is 0.257. The van der Waals surface area contributed by atoms with Crippen molar-refractivity contribution in [1.82, 2.24) is 15.5 Å². The van der Waals surface area contributed by atoms with E-state index in [2.05, 4.69) is 15.5 Å². The van der Waals surface area contributed by atoms with E-state index in [1.807, 2.05) is 7.05 Å². The van der Waals surface area contributed by atoms with E-state index in [0.29, 0.717) is 72.4 Å². The zero-order valence-corrected chi connectivity index (χ0v) is 25.0. The van der Waals surface area contributed by atoms with Gasteiger partial charge in [0.05, 0.1) is 11.1 Å². The topological polar surface area (TPSA) is 61.4 Å². The summed E-state index contributed by atoms with van der Waals surface area (Å²) in [5.74, 6) is -0.644. The van der Waals surface area contributed by atoms with Gasteiger partial charge in [-0.3, -0.25) is 9.59 Å². The van der Waals surface area contributed by atoms with Gasteiger partial charge in [-0.1, -0.05) is 60.7 Å². The van der Waals surface area contributed by atoms with Crippen LogP contribution in [-0.4, -0.2) is 49.9 Å². The normalized spacial score (nSPS) is 11.8. The fourth-order valence-corrected chi connectivity index (χ4v) is 4.95. The van der Waals surface area contributed by atoms with Gasteiger partial charge in [-0.05, 0) is 91.6 Å². The summed E-state index contributed by atoms with van der Waals surface area (Å²) < 4.78 is 77.6. The Morgan fingerprint density at radius 1 is 0.565 bits per heavy atom. The quantitative estimate of drug-likeness (QED) is 0.122. The standard InChI is InChI=1S/C35H33F6N3O2/c1-44(22-6-20-42-32(45)30-10-4-2-8-28(30)24-12-16-26(17-13-24)34(36,37)38)23-7-21-43-33(46)31-11-5-3-9-29(31)25-14-18-27(19-15-25)35(39,40)41/h2-5,8-19H,6-7,20-23H2,1H3,(H,42,45)(H,43,46). The van der Waals surface area contributed by atoms with Crippen LogP contribution in [0.3, 0.4) is 0 Å². The number of carbonyl (C=O) groups excluding carboxylic acids is 2. The molecule has 0 heterocycles. The molecule has 2 N–H and O–H groups in total. The van der Waals surface area contributed by atoms with E-state index in [0.717, 1.165) is 24.3 Å². The lowest BCUT2D eigenvalue weighted by atomic mass is 9.98. The summed E-state index contributed by atoms with van der Waals surface area (Å²) >= 11 is 0. The first kappa shape index (κ1) is 34.2. The molecular formula is C35H33F6N3O2. The zero-order chi connectivity index (χ0) is 33.3. The fourth-order valence-electron chi connectivity index (χ4n) is 4.95. The van der Waals surface area contributed by atoms with Crippen molar-refractivity contribution in [3.63, 3.8) is 0 Å². The highest BCUT2D eigenvalue weighted by molar-refractivity contribution is 6.01. The number of nitrogens with one attached hydrogen (secondary N) is 2. The van der Waals surface area contributed by atoms with Crippen LogP contribution in [0.25, 0.3) is 22.3 Å². The molecule has 242 valence electrons. The Bertz CT molecular complexity index is 1500. The molecule has 4 aromatic rings. The van der Waals surface area contributed by atoms with Gasteiger partial charge in [-0.2, -0.15) is 26.3 Å². The minimum Gasteiger partial charge on any atom is -0.352 e. The number of rotatable bonds is 12. The minimum atomic E-state index is -4.44. The highest BCUT2D eigenvalue weighted by atomic mass is 19.4. The predicted molar refractivity (Wildman–Crippen MR) is 165 cm³/mol. The van der Waals surface area contributed by atoms with Crippen LogP contribution in [0, 0.1) is 0 Å². The maximum Gasteiger partial charge on any atom is 0.416 e. The molecule has 0 saturated carbocycles. The monoisotopic (exact) mass is 641 g/mol. The number of hydrogen-bond donors (Lipinski definition) is 2. The van der Waals surface area contributed by atoms with Crippen LogP contribution in [0.15, 0.2) is 97.1 Å². The van der Waals surface area contributed by atoms with Gasteiger partial charge in [0.2, 0.25) is 0 Å². The van der Waals surface area contributed by atoms with Crippen LogP contribution in [0.5, 0.6) is 0 Å². The first-order valence-electron chi connectivity index (χ1n) is 14.6. The number of nitrogens with zero attached hydrogens (tertiary/aromatic N) is 1. The second kappa shape index (κ2) is 15.1. The van der Waals surface area contributed by atoms with Crippen molar-refractivity contribution in [3.8, 4) is 22.3 Å². The van der Waals surface area contributed by atoms with Crippen LogP contribution in [0.4, 0.5) is 26.3 Å². The summed E-state index contributed by atoms with van der Waals surface area (Å²) in [5, 5.41) is 5.74. The van der Waals surface area contributed by atoms with Crippen molar-refractivity contribution >= 4 is 11.8 Å². The molecular weight excluding hydrogens is 608 g/mol.